The van der Waals surface area contributed by atoms with E-state index >= 15 is 0 Å². The molecule has 0 saturated carbocycles. The zero-order valence-corrected chi connectivity index (χ0v) is 12.1. The summed E-state index contributed by atoms with van der Waals surface area (Å²) in [5, 5.41) is 13.3. The predicted molar refractivity (Wildman–Crippen MR) is 79.2 cm³/mol. The highest BCUT2D eigenvalue weighted by Crippen LogP contribution is 2.35. The number of hydrogen-bond donors (Lipinski definition) is 1. The van der Waals surface area contributed by atoms with E-state index in [0.717, 1.165) is 17.3 Å². The minimum Gasteiger partial charge on any atom is -0.478 e. The molecule has 3 rings (SSSR count). The molecular weight excluding hydrogens is 296 g/mol. The molecule has 2 heterocycles. The molecule has 1 atom stereocenters. The number of aromatic carboxylic acids is 1. The molecule has 1 aromatic heterocycles. The first-order valence-electron chi connectivity index (χ1n) is 6.11. The third kappa shape index (κ3) is 2.83. The Morgan fingerprint density at radius 2 is 2.30 bits per heavy atom. The van der Waals surface area contributed by atoms with E-state index in [1.54, 1.807) is 18.2 Å². The van der Waals surface area contributed by atoms with Crippen molar-refractivity contribution in [1.29, 1.82) is 0 Å². The fourth-order valence-electron chi connectivity index (χ4n) is 1.91. The van der Waals surface area contributed by atoms with Gasteiger partial charge in [-0.05, 0) is 18.2 Å². The van der Waals surface area contributed by atoms with Crippen molar-refractivity contribution in [2.24, 2.45) is 0 Å². The molecule has 2 aromatic rings. The zero-order chi connectivity index (χ0) is 13.9. The highest BCUT2D eigenvalue weighted by Gasteiger charge is 2.22. The third-order valence-electron chi connectivity index (χ3n) is 2.90. The molecule has 20 heavy (non-hydrogen) atoms. The van der Waals surface area contributed by atoms with Crippen LogP contribution in [-0.4, -0.2) is 38.5 Å². The van der Waals surface area contributed by atoms with E-state index in [9.17, 15) is 4.79 Å². The Hall–Kier alpha value is -1.47. The number of carboxylic acid groups (broad SMARTS) is 1. The third-order valence-corrected chi connectivity index (χ3v) is 5.65. The summed E-state index contributed by atoms with van der Waals surface area (Å²) in [6.07, 6.45) is 0. The van der Waals surface area contributed by atoms with Crippen molar-refractivity contribution in [3.05, 3.63) is 35.7 Å². The molecule has 1 aliphatic heterocycles. The topological polar surface area (TPSA) is 76.2 Å². The van der Waals surface area contributed by atoms with E-state index in [-0.39, 0.29) is 10.8 Å². The van der Waals surface area contributed by atoms with Crippen LogP contribution < -0.4 is 0 Å². The van der Waals surface area contributed by atoms with Gasteiger partial charge in [0.15, 0.2) is 5.82 Å². The molecule has 0 aliphatic carbocycles. The van der Waals surface area contributed by atoms with Crippen LogP contribution in [0.25, 0.3) is 11.5 Å². The van der Waals surface area contributed by atoms with Crippen molar-refractivity contribution < 1.29 is 14.4 Å². The molecule has 104 valence electrons. The maximum Gasteiger partial charge on any atom is 0.335 e. The Morgan fingerprint density at radius 3 is 3.05 bits per heavy atom. The van der Waals surface area contributed by atoms with Crippen molar-refractivity contribution >= 4 is 29.5 Å². The van der Waals surface area contributed by atoms with Crippen LogP contribution in [0.1, 0.15) is 21.4 Å². The number of rotatable bonds is 3. The molecule has 0 radical (unpaired) electrons. The quantitative estimate of drug-likeness (QED) is 0.934. The van der Waals surface area contributed by atoms with Gasteiger partial charge in [0, 0.05) is 22.8 Å². The van der Waals surface area contributed by atoms with Gasteiger partial charge in [0.1, 0.15) is 0 Å². The molecule has 1 aromatic carbocycles. The van der Waals surface area contributed by atoms with E-state index < -0.39 is 5.97 Å². The number of aromatic nitrogens is 2. The number of benzene rings is 1. The Morgan fingerprint density at radius 1 is 1.40 bits per heavy atom. The van der Waals surface area contributed by atoms with Gasteiger partial charge < -0.3 is 9.63 Å². The lowest BCUT2D eigenvalue weighted by molar-refractivity contribution is 0.0697. The number of carboxylic acids is 1. The highest BCUT2D eigenvalue weighted by atomic mass is 32.2. The number of thioether (sulfide) groups is 2. The second kappa shape index (κ2) is 5.88. The van der Waals surface area contributed by atoms with Crippen LogP contribution in [0, 0.1) is 0 Å². The predicted octanol–water partition coefficient (Wildman–Crippen LogP) is 2.96. The van der Waals surface area contributed by atoms with Gasteiger partial charge in [-0.1, -0.05) is 11.2 Å². The summed E-state index contributed by atoms with van der Waals surface area (Å²) in [7, 11) is 0. The van der Waals surface area contributed by atoms with Crippen LogP contribution in [0.5, 0.6) is 0 Å². The molecular formula is C13H12N2O3S2. The first kappa shape index (κ1) is 13.5. The number of hydrogen-bond acceptors (Lipinski definition) is 6. The summed E-state index contributed by atoms with van der Waals surface area (Å²) >= 11 is 3.72. The maximum atomic E-state index is 11.0. The van der Waals surface area contributed by atoms with Gasteiger partial charge in [-0.15, -0.1) is 11.8 Å². The minimum absolute atomic E-state index is 0.213. The summed E-state index contributed by atoms with van der Waals surface area (Å²) in [5.74, 6) is 3.34. The Bertz CT molecular complexity index is 624. The van der Waals surface area contributed by atoms with Gasteiger partial charge in [0.2, 0.25) is 0 Å². The van der Waals surface area contributed by atoms with Crippen molar-refractivity contribution in [2.45, 2.75) is 5.25 Å². The van der Waals surface area contributed by atoms with Crippen molar-refractivity contribution in [1.82, 2.24) is 10.1 Å². The van der Waals surface area contributed by atoms with Crippen LogP contribution in [0.4, 0.5) is 0 Å². The molecule has 0 amide bonds. The SMILES string of the molecule is O=C(O)c1cccc(-c2nc(C3CSCCS3)no2)c1. The first-order chi connectivity index (χ1) is 9.74. The standard InChI is InChI=1S/C13H12N2O3S2/c16-13(17)9-3-1-2-8(6-9)12-14-11(15-18-12)10-7-19-4-5-20-10/h1-3,6,10H,4-5,7H2,(H,16,17). The van der Waals surface area contributed by atoms with Gasteiger partial charge >= 0.3 is 5.97 Å². The van der Waals surface area contributed by atoms with Gasteiger partial charge in [0.05, 0.1) is 10.8 Å². The fourth-order valence-corrected chi connectivity index (χ4v) is 4.49. The van der Waals surface area contributed by atoms with Crippen LogP contribution >= 0.6 is 23.5 Å². The van der Waals surface area contributed by atoms with Crippen LogP contribution in [0.15, 0.2) is 28.8 Å². The van der Waals surface area contributed by atoms with Crippen LogP contribution in [0.2, 0.25) is 0 Å². The fraction of sp³-hybridized carbons (Fsp3) is 0.308. The largest absolute Gasteiger partial charge is 0.478 e. The summed E-state index contributed by atoms with van der Waals surface area (Å²) in [6.45, 7) is 0. The van der Waals surface area contributed by atoms with Crippen LogP contribution in [0.3, 0.4) is 0 Å². The minimum atomic E-state index is -0.967. The first-order valence-corrected chi connectivity index (χ1v) is 8.31. The average Bonchev–Trinajstić information content (AvgIpc) is 2.98. The van der Waals surface area contributed by atoms with Crippen molar-refractivity contribution in [3.8, 4) is 11.5 Å². The summed E-state index contributed by atoms with van der Waals surface area (Å²) in [5.41, 5.74) is 0.849. The van der Waals surface area contributed by atoms with Gasteiger partial charge in [-0.3, -0.25) is 0 Å². The maximum absolute atomic E-state index is 11.0. The van der Waals surface area contributed by atoms with E-state index in [1.807, 2.05) is 23.5 Å². The molecule has 1 aliphatic rings. The zero-order valence-electron chi connectivity index (χ0n) is 10.5. The highest BCUT2D eigenvalue weighted by molar-refractivity contribution is 8.06. The van der Waals surface area contributed by atoms with Crippen molar-refractivity contribution in [3.63, 3.8) is 0 Å². The molecule has 1 N–H and O–H groups in total. The second-order valence-corrected chi connectivity index (χ2v) is 6.74. The lowest BCUT2D eigenvalue weighted by Crippen LogP contribution is -2.07. The lowest BCUT2D eigenvalue weighted by Gasteiger charge is -2.16. The number of carbonyl (C=O) groups is 1. The number of nitrogens with zero attached hydrogens (tertiary/aromatic N) is 2. The van der Waals surface area contributed by atoms with E-state index in [4.69, 9.17) is 9.63 Å². The Labute approximate surface area is 124 Å². The summed E-state index contributed by atoms with van der Waals surface area (Å²) < 4.78 is 5.26. The normalized spacial score (nSPS) is 18.9. The second-order valence-electron chi connectivity index (χ2n) is 4.28. The van der Waals surface area contributed by atoms with Crippen LogP contribution in [-0.2, 0) is 0 Å². The van der Waals surface area contributed by atoms with E-state index in [0.29, 0.717) is 17.3 Å². The van der Waals surface area contributed by atoms with E-state index in [2.05, 4.69) is 10.1 Å². The average molecular weight is 308 g/mol. The smallest absolute Gasteiger partial charge is 0.335 e. The monoisotopic (exact) mass is 308 g/mol. The summed E-state index contributed by atoms with van der Waals surface area (Å²) in [4.78, 5) is 15.4. The molecule has 5 nitrogen and oxygen atoms in total. The summed E-state index contributed by atoms with van der Waals surface area (Å²) in [6, 6.07) is 6.53. The molecule has 7 heteroatoms. The Balaban J connectivity index is 1.85. The van der Waals surface area contributed by atoms with Crippen molar-refractivity contribution in [2.75, 3.05) is 17.3 Å². The molecule has 1 fully saturated rings. The molecule has 1 unspecified atom stereocenters. The van der Waals surface area contributed by atoms with Gasteiger partial charge in [0.25, 0.3) is 5.89 Å². The van der Waals surface area contributed by atoms with Gasteiger partial charge in [-0.25, -0.2) is 4.79 Å². The van der Waals surface area contributed by atoms with Gasteiger partial charge in [-0.2, -0.15) is 16.7 Å². The Kier molecular flexibility index (Phi) is 3.98. The molecule has 1 saturated heterocycles. The van der Waals surface area contributed by atoms with E-state index in [1.165, 1.54) is 6.07 Å². The molecule has 0 spiro atoms. The molecule has 0 bridgehead atoms. The lowest BCUT2D eigenvalue weighted by atomic mass is 10.1.